The summed E-state index contributed by atoms with van der Waals surface area (Å²) in [6.07, 6.45) is -26.6. The van der Waals surface area contributed by atoms with Crippen LogP contribution in [0.1, 0.15) is 86.7 Å². The number of hydrogen-bond donors (Lipinski definition) is 2. The highest BCUT2D eigenvalue weighted by Gasteiger charge is 2.64. The van der Waals surface area contributed by atoms with Crippen LogP contribution < -0.4 is 20.1 Å². The number of esters is 8. The van der Waals surface area contributed by atoms with Crippen LogP contribution in [0.5, 0.6) is 11.5 Å². The molecule has 3 fully saturated rings. The van der Waals surface area contributed by atoms with E-state index in [2.05, 4.69) is 30.3 Å². The Kier molecular flexibility index (Phi) is 29.8. The van der Waals surface area contributed by atoms with Gasteiger partial charge in [0.25, 0.3) is 11.7 Å². The lowest BCUT2D eigenvalue weighted by Gasteiger charge is -2.52. The third kappa shape index (κ3) is 23.3. The Morgan fingerprint density at radius 3 is 1.62 bits per heavy atom. The number of amides is 2. The number of ether oxygens (including phenoxy) is 18. The van der Waals surface area contributed by atoms with E-state index in [-0.39, 0.29) is 37.6 Å². The highest BCUT2D eigenvalue weighted by molar-refractivity contribution is 6.76. The van der Waals surface area contributed by atoms with E-state index in [9.17, 15) is 43.2 Å². The average molecular weight is 1450 g/mol. The lowest BCUT2D eigenvalue weighted by molar-refractivity contribution is -0.389. The highest BCUT2D eigenvalue weighted by atomic mass is 28.3. The maximum Gasteiger partial charge on any atom is 0.366 e. The minimum atomic E-state index is -3.15. The number of nitrogens with one attached hydrogen (secondary N) is 2. The molecule has 31 heteroatoms. The summed E-state index contributed by atoms with van der Waals surface area (Å²) in [6, 6.07) is 28.2. The Balaban J connectivity index is 1.46. The predicted octanol–water partition coefficient (Wildman–Crippen LogP) is 5.42. The van der Waals surface area contributed by atoms with Crippen molar-refractivity contribution >= 4 is 67.6 Å². The Labute approximate surface area is 591 Å². The molecular formula is C71H90N2O28Si. The molecule has 0 aromatic heterocycles. The van der Waals surface area contributed by atoms with Crippen LogP contribution >= 0.6 is 0 Å². The predicted molar refractivity (Wildman–Crippen MR) is 356 cm³/mol. The number of methoxy groups -OCH3 is 3. The fourth-order valence-corrected chi connectivity index (χ4v) is 12.3. The van der Waals surface area contributed by atoms with Gasteiger partial charge in [-0.1, -0.05) is 80.3 Å². The number of carbonyl (C=O) groups excluding carboxylic acids is 10. The zero-order valence-electron chi connectivity index (χ0n) is 59.1. The first-order valence-electron chi connectivity index (χ1n) is 32.8. The van der Waals surface area contributed by atoms with Crippen LogP contribution in [0.4, 0.5) is 0 Å². The molecule has 4 aromatic rings. The van der Waals surface area contributed by atoms with Crippen LogP contribution in [-0.4, -0.2) is 213 Å². The fourth-order valence-electron chi connectivity index (χ4n) is 11.6. The zero-order chi connectivity index (χ0) is 74.4. The standard InChI is InChI=1S/C71H90N2O28Si/c1-40(74)73-57-53(91-41(2)75)34-71(70(83)86-10,100-61(57)58(93-43(4)77)54(92-42(3)76)35-72-66(81)49-20-16-14-17-21-49)101-63-60(95-45(6)79)56(39-90-67(82)50-22-18-15-19-23-50)98-69(65(63)96-46(7)80)99-62-59(94-44(5)78)55(38-87-36-47-24-28-51(84-8)29-25-47)97-68(88-32-33-102(11,12)13)64(62)89-37-48-26-30-52(85-9)31-27-48/h14-31,53-65,68-69H,32-39H2,1-13H3,(H,72,81)(H,73,74)/t53-,54+,55+,56+,57+,58+,59-,60-,61+,62-,63-,64+,65+,68+,69-,71-/m0/s1. The molecule has 102 heavy (non-hydrogen) atoms. The van der Waals surface area contributed by atoms with Gasteiger partial charge in [-0.2, -0.15) is 0 Å². The summed E-state index contributed by atoms with van der Waals surface area (Å²) in [6.45, 7) is 11.5. The summed E-state index contributed by atoms with van der Waals surface area (Å²) in [5.41, 5.74) is 1.49. The summed E-state index contributed by atoms with van der Waals surface area (Å²) in [5, 5.41) is 5.26. The van der Waals surface area contributed by atoms with Gasteiger partial charge in [-0.15, -0.1) is 0 Å². The normalized spacial score (nSPS) is 25.3. The molecule has 0 saturated carbocycles. The smallest absolute Gasteiger partial charge is 0.366 e. The largest absolute Gasteiger partial charge is 0.497 e. The Bertz CT molecular complexity index is 3470. The van der Waals surface area contributed by atoms with Crippen molar-refractivity contribution in [3.63, 3.8) is 0 Å². The van der Waals surface area contributed by atoms with Gasteiger partial charge in [-0.3, -0.25) is 38.4 Å². The van der Waals surface area contributed by atoms with Crippen molar-refractivity contribution in [3.8, 4) is 11.5 Å². The van der Waals surface area contributed by atoms with E-state index in [0.29, 0.717) is 28.7 Å². The molecule has 0 radical (unpaired) electrons. The molecule has 4 aromatic carbocycles. The number of carbonyl (C=O) groups is 10. The molecule has 0 aliphatic carbocycles. The van der Waals surface area contributed by atoms with Gasteiger partial charge >= 0.3 is 47.8 Å². The molecule has 2 N–H and O–H groups in total. The third-order valence-electron chi connectivity index (χ3n) is 16.1. The molecule has 7 rings (SSSR count). The SMILES string of the molecule is COC(=O)[C@@]1(O[C@H]2[C@@H](OC(C)=O)[C@@H](COC(=O)c3ccccc3)O[C@@H](O[C@H]3[C@@H](OC(C)=O)[C@@H](COCc4ccc(OC)cc4)O[C@@H](OCC[Si](C)(C)C)[C@@H]3OCc3ccc(OC)cc3)[C@@H]2OC(C)=O)C[C@H](OC(C)=O)[C@@H](NC(C)=O)[C@H]([C@H](OC(C)=O)[C@@H](CNC(=O)c2ccccc2)OC(C)=O)O1. The van der Waals surface area contributed by atoms with Gasteiger partial charge in [-0.05, 0) is 65.7 Å². The maximum absolute atomic E-state index is 15.4. The third-order valence-corrected chi connectivity index (χ3v) is 17.8. The first-order valence-corrected chi connectivity index (χ1v) is 36.5. The summed E-state index contributed by atoms with van der Waals surface area (Å²) >= 11 is 0. The molecule has 0 spiro atoms. The van der Waals surface area contributed by atoms with E-state index in [1.807, 2.05) is 0 Å². The number of benzene rings is 4. The minimum Gasteiger partial charge on any atom is -0.497 e. The van der Waals surface area contributed by atoms with Gasteiger partial charge < -0.3 is 95.9 Å². The molecule has 0 bridgehead atoms. The highest BCUT2D eigenvalue weighted by Crippen LogP contribution is 2.43. The van der Waals surface area contributed by atoms with E-state index in [4.69, 9.17) is 85.3 Å². The van der Waals surface area contributed by atoms with Crippen molar-refractivity contribution < 1.29 is 133 Å². The Morgan fingerprint density at radius 2 is 1.09 bits per heavy atom. The van der Waals surface area contributed by atoms with Crippen molar-refractivity contribution in [2.75, 3.05) is 47.7 Å². The topological polar surface area (TPSA) is 361 Å². The quantitative estimate of drug-likeness (QED) is 0.0341. The van der Waals surface area contributed by atoms with Gasteiger partial charge in [0.05, 0.1) is 65.7 Å². The molecule has 3 heterocycles. The van der Waals surface area contributed by atoms with Crippen molar-refractivity contribution in [1.82, 2.24) is 10.6 Å². The summed E-state index contributed by atoms with van der Waals surface area (Å²) in [4.78, 5) is 138. The second kappa shape index (κ2) is 37.8. The van der Waals surface area contributed by atoms with Crippen LogP contribution in [0.2, 0.25) is 25.7 Å². The molecule has 30 nitrogen and oxygen atoms in total. The van der Waals surface area contributed by atoms with Crippen molar-refractivity contribution in [1.29, 1.82) is 0 Å². The molecule has 3 aliphatic heterocycles. The van der Waals surface area contributed by atoms with Crippen molar-refractivity contribution in [2.24, 2.45) is 0 Å². The number of hydrogen-bond acceptors (Lipinski definition) is 28. The van der Waals surface area contributed by atoms with E-state index in [0.717, 1.165) is 55.6 Å². The Morgan fingerprint density at radius 1 is 0.559 bits per heavy atom. The second-order valence-electron chi connectivity index (χ2n) is 25.3. The lowest BCUT2D eigenvalue weighted by atomic mass is 9.87. The summed E-state index contributed by atoms with van der Waals surface area (Å²) in [5.74, 6) is -12.2. The van der Waals surface area contributed by atoms with Gasteiger partial charge in [0.15, 0.2) is 43.1 Å². The van der Waals surface area contributed by atoms with Gasteiger partial charge in [0.1, 0.15) is 60.8 Å². The molecule has 3 aliphatic rings. The maximum atomic E-state index is 15.4. The van der Waals surface area contributed by atoms with E-state index >= 15 is 4.79 Å². The molecular weight excluding hydrogens is 1360 g/mol. The summed E-state index contributed by atoms with van der Waals surface area (Å²) < 4.78 is 113. The summed E-state index contributed by atoms with van der Waals surface area (Å²) in [7, 11) is 2.04. The van der Waals surface area contributed by atoms with E-state index in [1.165, 1.54) is 38.5 Å². The first kappa shape index (κ1) is 80.4. The average Bonchev–Trinajstić information content (AvgIpc) is 0.742. The number of rotatable bonds is 33. The fraction of sp³-hybridized carbons (Fsp3) is 0.521. The van der Waals surface area contributed by atoms with Crippen LogP contribution in [0.3, 0.4) is 0 Å². The molecule has 556 valence electrons. The minimum absolute atomic E-state index is 0.00742. The lowest BCUT2D eigenvalue weighted by Crippen LogP contribution is -2.72. The molecule has 0 unspecified atom stereocenters. The van der Waals surface area contributed by atoms with Gasteiger partial charge in [-0.25, -0.2) is 9.59 Å². The van der Waals surface area contributed by atoms with Crippen LogP contribution in [0.15, 0.2) is 109 Å². The van der Waals surface area contributed by atoms with Crippen LogP contribution in [0, 0.1) is 0 Å². The second-order valence-corrected chi connectivity index (χ2v) is 30.9. The molecule has 3 saturated heterocycles. The van der Waals surface area contributed by atoms with Crippen LogP contribution in [0.25, 0.3) is 0 Å². The van der Waals surface area contributed by atoms with Crippen molar-refractivity contribution in [3.05, 3.63) is 131 Å². The van der Waals surface area contributed by atoms with Gasteiger partial charge in [0.2, 0.25) is 5.91 Å². The van der Waals surface area contributed by atoms with E-state index < -0.39 is 185 Å². The zero-order valence-corrected chi connectivity index (χ0v) is 60.1. The van der Waals surface area contributed by atoms with Crippen molar-refractivity contribution in [2.45, 2.75) is 191 Å². The van der Waals surface area contributed by atoms with E-state index in [1.54, 1.807) is 84.9 Å². The Hall–Kier alpha value is -8.92. The molecule has 16 atom stereocenters. The van der Waals surface area contributed by atoms with Crippen LogP contribution in [-0.2, 0) is 127 Å². The first-order chi connectivity index (χ1) is 48.5. The molecule has 2 amide bonds. The van der Waals surface area contributed by atoms with Gasteiger partial charge in [0, 0.05) is 68.7 Å². The monoisotopic (exact) mass is 1450 g/mol.